The largest absolute Gasteiger partial charge is 0.467 e. The minimum atomic E-state index is -1.58. The van der Waals surface area contributed by atoms with Crippen LogP contribution < -0.4 is 0 Å². The van der Waals surface area contributed by atoms with E-state index >= 15 is 0 Å². The van der Waals surface area contributed by atoms with Gasteiger partial charge in [-0.05, 0) is 37.5 Å². The lowest BCUT2D eigenvalue weighted by molar-refractivity contribution is -0.166. The van der Waals surface area contributed by atoms with Gasteiger partial charge in [0.1, 0.15) is 0 Å². The highest BCUT2D eigenvalue weighted by Crippen LogP contribution is 2.07. The quantitative estimate of drug-likeness (QED) is 0.579. The molecule has 1 atom stereocenters. The van der Waals surface area contributed by atoms with Crippen molar-refractivity contribution in [2.24, 2.45) is 0 Å². The van der Waals surface area contributed by atoms with Gasteiger partial charge >= 0.3 is 5.97 Å². The van der Waals surface area contributed by atoms with Crippen LogP contribution in [0.1, 0.15) is 18.9 Å². The lowest BCUT2D eigenvalue weighted by Gasteiger charge is -2.19. The first-order chi connectivity index (χ1) is 8.56. The Hall–Kier alpha value is -1.46. The number of pyridine rings is 1. The molecule has 100 valence electrons. The highest BCUT2D eigenvalue weighted by molar-refractivity contribution is 5.78. The number of esters is 1. The molecule has 1 heterocycles. The highest BCUT2D eigenvalue weighted by atomic mass is 16.6. The van der Waals surface area contributed by atoms with E-state index in [0.717, 1.165) is 12.8 Å². The van der Waals surface area contributed by atoms with Gasteiger partial charge in [-0.1, -0.05) is 0 Å². The molecule has 1 rings (SSSR count). The van der Waals surface area contributed by atoms with Gasteiger partial charge in [-0.3, -0.25) is 4.98 Å². The zero-order valence-corrected chi connectivity index (χ0v) is 10.8. The Morgan fingerprint density at radius 2 is 2.11 bits per heavy atom. The van der Waals surface area contributed by atoms with Gasteiger partial charge in [0.05, 0.1) is 13.7 Å². The van der Waals surface area contributed by atoms with Gasteiger partial charge in [-0.2, -0.15) is 0 Å². The maximum Gasteiger partial charge on any atom is 0.339 e. The summed E-state index contributed by atoms with van der Waals surface area (Å²) in [6.07, 6.45) is 5.20. The molecule has 0 radical (unpaired) electrons. The number of methoxy groups -OCH3 is 1. The summed E-state index contributed by atoms with van der Waals surface area (Å²) >= 11 is 0. The van der Waals surface area contributed by atoms with Gasteiger partial charge in [-0.15, -0.1) is 0 Å². The second-order valence-electron chi connectivity index (χ2n) is 4.28. The van der Waals surface area contributed by atoms with Crippen LogP contribution in [-0.2, 0) is 20.7 Å². The molecular weight excluding hydrogens is 234 g/mol. The van der Waals surface area contributed by atoms with Crippen LogP contribution in [0.4, 0.5) is 0 Å². The number of ether oxygens (including phenoxy) is 2. The number of carbonyl (C=O) groups excluding carboxylic acids is 1. The topological polar surface area (TPSA) is 68.7 Å². The molecule has 0 bridgehead atoms. The molecule has 1 aromatic heterocycles. The lowest BCUT2D eigenvalue weighted by atomic mass is 10.1. The van der Waals surface area contributed by atoms with Crippen molar-refractivity contribution in [3.05, 3.63) is 30.1 Å². The molecule has 1 aromatic rings. The van der Waals surface area contributed by atoms with Crippen molar-refractivity contribution in [1.29, 1.82) is 0 Å². The molecule has 0 amide bonds. The number of aliphatic hydroxyl groups is 1. The average Bonchev–Trinajstić information content (AvgIpc) is 2.38. The molecule has 18 heavy (non-hydrogen) atoms. The standard InChI is InChI=1S/C13H19NO4/c1-13(16,12(15)17-2)10-18-9-3-4-11-5-7-14-8-6-11/h5-8,16H,3-4,9-10H2,1-2H3. The smallest absolute Gasteiger partial charge is 0.339 e. The van der Waals surface area contributed by atoms with Crippen LogP contribution in [0.25, 0.3) is 0 Å². The molecule has 1 N–H and O–H groups in total. The Morgan fingerprint density at radius 1 is 1.44 bits per heavy atom. The summed E-state index contributed by atoms with van der Waals surface area (Å²) < 4.78 is 9.74. The molecule has 0 aliphatic rings. The summed E-state index contributed by atoms with van der Waals surface area (Å²) in [5.41, 5.74) is -0.390. The molecule has 0 spiro atoms. The number of nitrogens with zero attached hydrogens (tertiary/aromatic N) is 1. The summed E-state index contributed by atoms with van der Waals surface area (Å²) in [5.74, 6) is -0.684. The van der Waals surface area contributed by atoms with Crippen LogP contribution in [0.3, 0.4) is 0 Å². The van der Waals surface area contributed by atoms with Gasteiger partial charge in [0, 0.05) is 19.0 Å². The first-order valence-corrected chi connectivity index (χ1v) is 5.83. The monoisotopic (exact) mass is 253 g/mol. The summed E-state index contributed by atoms with van der Waals surface area (Å²) in [7, 11) is 1.24. The third-order valence-corrected chi connectivity index (χ3v) is 2.51. The summed E-state index contributed by atoms with van der Waals surface area (Å²) in [4.78, 5) is 15.1. The first-order valence-electron chi connectivity index (χ1n) is 5.83. The molecule has 0 saturated carbocycles. The minimum Gasteiger partial charge on any atom is -0.467 e. The predicted molar refractivity (Wildman–Crippen MR) is 66.0 cm³/mol. The van der Waals surface area contributed by atoms with Crippen molar-refractivity contribution in [2.75, 3.05) is 20.3 Å². The van der Waals surface area contributed by atoms with E-state index in [1.807, 2.05) is 12.1 Å². The van der Waals surface area contributed by atoms with E-state index in [2.05, 4.69) is 9.72 Å². The molecular formula is C13H19NO4. The molecule has 1 unspecified atom stereocenters. The minimum absolute atomic E-state index is 0.0595. The molecule has 0 aromatic carbocycles. The van der Waals surface area contributed by atoms with Gasteiger partial charge in [0.2, 0.25) is 0 Å². The van der Waals surface area contributed by atoms with Crippen LogP contribution in [0.5, 0.6) is 0 Å². The number of carbonyl (C=O) groups is 1. The maximum absolute atomic E-state index is 11.2. The highest BCUT2D eigenvalue weighted by Gasteiger charge is 2.31. The van der Waals surface area contributed by atoms with E-state index in [-0.39, 0.29) is 6.61 Å². The number of aryl methyl sites for hydroxylation is 1. The average molecular weight is 253 g/mol. The zero-order chi connectivity index (χ0) is 13.4. The Balaban J connectivity index is 2.17. The number of aromatic nitrogens is 1. The van der Waals surface area contributed by atoms with E-state index < -0.39 is 11.6 Å². The zero-order valence-electron chi connectivity index (χ0n) is 10.8. The second-order valence-corrected chi connectivity index (χ2v) is 4.28. The maximum atomic E-state index is 11.2. The fourth-order valence-corrected chi connectivity index (χ4v) is 1.48. The third-order valence-electron chi connectivity index (χ3n) is 2.51. The summed E-state index contributed by atoms with van der Waals surface area (Å²) in [6, 6.07) is 3.90. The van der Waals surface area contributed by atoms with Crippen LogP contribution in [-0.4, -0.2) is 42.0 Å². The van der Waals surface area contributed by atoms with Gasteiger partial charge in [0.15, 0.2) is 5.60 Å². The van der Waals surface area contributed by atoms with Crippen LogP contribution in [0, 0.1) is 0 Å². The SMILES string of the molecule is COC(=O)C(C)(O)COCCCc1ccncc1. The van der Waals surface area contributed by atoms with Crippen LogP contribution in [0.15, 0.2) is 24.5 Å². The Labute approximate surface area is 107 Å². The molecule has 5 heteroatoms. The first kappa shape index (κ1) is 14.6. The van der Waals surface area contributed by atoms with E-state index in [9.17, 15) is 9.90 Å². The van der Waals surface area contributed by atoms with Crippen LogP contribution in [0.2, 0.25) is 0 Å². The Kier molecular flexibility index (Phi) is 5.74. The molecule has 5 nitrogen and oxygen atoms in total. The van der Waals surface area contributed by atoms with E-state index in [1.54, 1.807) is 12.4 Å². The molecule has 0 fully saturated rings. The molecule has 0 aliphatic heterocycles. The second kappa shape index (κ2) is 7.08. The molecule has 0 aliphatic carbocycles. The summed E-state index contributed by atoms with van der Waals surface area (Å²) in [6.45, 7) is 1.80. The van der Waals surface area contributed by atoms with Gasteiger partial charge in [0.25, 0.3) is 0 Å². The van der Waals surface area contributed by atoms with Crippen molar-refractivity contribution >= 4 is 5.97 Å². The van der Waals surface area contributed by atoms with Crippen molar-refractivity contribution in [3.8, 4) is 0 Å². The van der Waals surface area contributed by atoms with Crippen molar-refractivity contribution in [3.63, 3.8) is 0 Å². The van der Waals surface area contributed by atoms with E-state index in [4.69, 9.17) is 4.74 Å². The fraction of sp³-hybridized carbons (Fsp3) is 0.538. The van der Waals surface area contributed by atoms with Crippen molar-refractivity contribution in [1.82, 2.24) is 4.98 Å². The van der Waals surface area contributed by atoms with Gasteiger partial charge < -0.3 is 14.6 Å². The molecule has 0 saturated heterocycles. The normalized spacial score (nSPS) is 13.9. The Bertz CT molecular complexity index is 365. The number of hydrogen-bond donors (Lipinski definition) is 1. The Morgan fingerprint density at radius 3 is 2.72 bits per heavy atom. The number of rotatable bonds is 7. The van der Waals surface area contributed by atoms with E-state index in [1.165, 1.54) is 19.6 Å². The van der Waals surface area contributed by atoms with Crippen molar-refractivity contribution < 1.29 is 19.4 Å². The fourth-order valence-electron chi connectivity index (χ4n) is 1.48. The van der Waals surface area contributed by atoms with Gasteiger partial charge in [-0.25, -0.2) is 4.79 Å². The summed E-state index contributed by atoms with van der Waals surface area (Å²) in [5, 5.41) is 9.69. The third kappa shape index (κ3) is 4.81. The van der Waals surface area contributed by atoms with E-state index in [0.29, 0.717) is 6.61 Å². The lowest BCUT2D eigenvalue weighted by Crippen LogP contribution is -2.41. The number of hydrogen-bond acceptors (Lipinski definition) is 5. The van der Waals surface area contributed by atoms with Crippen LogP contribution >= 0.6 is 0 Å². The van der Waals surface area contributed by atoms with Crippen molar-refractivity contribution in [2.45, 2.75) is 25.4 Å². The predicted octanol–water partition coefficient (Wildman–Crippen LogP) is 0.955.